The van der Waals surface area contributed by atoms with Gasteiger partial charge in [-0.3, -0.25) is 14.5 Å². The van der Waals surface area contributed by atoms with Gasteiger partial charge in [0.15, 0.2) is 10.7 Å². The van der Waals surface area contributed by atoms with Gasteiger partial charge in [0.2, 0.25) is 5.96 Å². The maximum Gasteiger partial charge on any atom is 0.324 e. The summed E-state index contributed by atoms with van der Waals surface area (Å²) in [6.45, 7) is 0. The summed E-state index contributed by atoms with van der Waals surface area (Å²) in [5, 5.41) is 21.0. The molecule has 1 aromatic carbocycles. The topological polar surface area (TPSA) is 156 Å². The molecule has 0 aliphatic heterocycles. The number of nitro groups is 1. The molecule has 12 heteroatoms. The summed E-state index contributed by atoms with van der Waals surface area (Å²) in [4.78, 5) is 16.3. The van der Waals surface area contributed by atoms with Crippen molar-refractivity contribution in [2.45, 2.75) is 0 Å². The van der Waals surface area contributed by atoms with Gasteiger partial charge in [0.1, 0.15) is 17.0 Å². The Bertz CT molecular complexity index is 1070. The number of aromatic nitrogens is 2. The van der Waals surface area contributed by atoms with Crippen molar-refractivity contribution >= 4 is 34.2 Å². The summed E-state index contributed by atoms with van der Waals surface area (Å²) in [7, 11) is 2.77. The molecule has 0 radical (unpaired) electrons. The predicted molar refractivity (Wildman–Crippen MR) is 102 cm³/mol. The SMILES string of the molecule is COc1ccc(OC)c([N+](=O)[O-])c1-c1nc2sccn2c1/C=N/N=C(N)N. The van der Waals surface area contributed by atoms with E-state index in [1.54, 1.807) is 16.7 Å². The van der Waals surface area contributed by atoms with E-state index in [2.05, 4.69) is 15.2 Å². The number of hydrogen-bond acceptors (Lipinski definition) is 8. The van der Waals surface area contributed by atoms with E-state index in [-0.39, 0.29) is 28.7 Å². The zero-order valence-electron chi connectivity index (χ0n) is 14.3. The van der Waals surface area contributed by atoms with Crippen molar-refractivity contribution in [3.05, 3.63) is 39.5 Å². The molecule has 4 N–H and O–H groups in total. The molecule has 0 bridgehead atoms. The number of fused-ring (bicyclic) bond motifs is 1. The van der Waals surface area contributed by atoms with E-state index in [0.29, 0.717) is 16.3 Å². The number of nitrogens with zero attached hydrogens (tertiary/aromatic N) is 5. The van der Waals surface area contributed by atoms with Crippen LogP contribution >= 0.6 is 11.3 Å². The van der Waals surface area contributed by atoms with Crippen LogP contribution in [-0.2, 0) is 0 Å². The zero-order chi connectivity index (χ0) is 19.6. The Hall–Kier alpha value is -3.67. The molecule has 0 spiro atoms. The standard InChI is InChI=1S/C15H15N7O4S/c1-25-9-3-4-10(26-2)13(22(23)24)11(9)12-8(7-18-20-14(16)17)21-5-6-27-15(21)19-12/h3-7H,1-2H3,(H4,16,17,20)/b18-7+. The minimum atomic E-state index is -0.541. The van der Waals surface area contributed by atoms with Gasteiger partial charge in [0.25, 0.3) is 0 Å². The van der Waals surface area contributed by atoms with Gasteiger partial charge in [-0.15, -0.1) is 16.4 Å². The molecule has 0 amide bonds. The van der Waals surface area contributed by atoms with Crippen LogP contribution in [0.5, 0.6) is 11.5 Å². The fourth-order valence-electron chi connectivity index (χ4n) is 2.56. The molecule has 2 heterocycles. The average molecular weight is 389 g/mol. The molecular weight excluding hydrogens is 374 g/mol. The number of nitrogens with two attached hydrogens (primary N) is 2. The number of ether oxygens (including phenoxy) is 2. The first-order valence-corrected chi connectivity index (χ1v) is 8.33. The number of benzene rings is 1. The summed E-state index contributed by atoms with van der Waals surface area (Å²) in [5.41, 5.74) is 11.2. The number of nitro benzene ring substituents is 1. The number of rotatable bonds is 6. The second-order valence-corrected chi connectivity index (χ2v) is 5.99. The first-order valence-electron chi connectivity index (χ1n) is 7.45. The first-order chi connectivity index (χ1) is 13.0. The van der Waals surface area contributed by atoms with Crippen LogP contribution in [0.4, 0.5) is 5.69 Å². The second kappa shape index (κ2) is 7.29. The molecule has 27 heavy (non-hydrogen) atoms. The highest BCUT2D eigenvalue weighted by molar-refractivity contribution is 7.15. The van der Waals surface area contributed by atoms with Crippen LogP contribution in [-0.4, -0.2) is 40.7 Å². The molecule has 2 aromatic heterocycles. The number of thiazole rings is 1. The molecule has 0 saturated carbocycles. The number of guanidine groups is 1. The van der Waals surface area contributed by atoms with Crippen LogP contribution in [0.3, 0.4) is 0 Å². The Labute approximate surface area is 156 Å². The minimum Gasteiger partial charge on any atom is -0.496 e. The maximum absolute atomic E-state index is 11.8. The van der Waals surface area contributed by atoms with E-state index in [9.17, 15) is 10.1 Å². The van der Waals surface area contributed by atoms with Gasteiger partial charge >= 0.3 is 5.69 Å². The summed E-state index contributed by atoms with van der Waals surface area (Å²) >= 11 is 1.36. The normalized spacial score (nSPS) is 11.0. The highest BCUT2D eigenvalue weighted by Gasteiger charge is 2.30. The number of hydrogen-bond donors (Lipinski definition) is 2. The molecule has 3 aromatic rings. The average Bonchev–Trinajstić information content (AvgIpc) is 3.22. The van der Waals surface area contributed by atoms with Crippen LogP contribution in [0.2, 0.25) is 0 Å². The van der Waals surface area contributed by atoms with Gasteiger partial charge in [-0.05, 0) is 12.1 Å². The summed E-state index contributed by atoms with van der Waals surface area (Å²) in [6, 6.07) is 3.04. The highest BCUT2D eigenvalue weighted by atomic mass is 32.1. The van der Waals surface area contributed by atoms with Crippen LogP contribution < -0.4 is 20.9 Å². The van der Waals surface area contributed by atoms with E-state index in [4.69, 9.17) is 20.9 Å². The fourth-order valence-corrected chi connectivity index (χ4v) is 3.28. The van der Waals surface area contributed by atoms with E-state index in [1.807, 2.05) is 5.38 Å². The lowest BCUT2D eigenvalue weighted by atomic mass is 10.1. The van der Waals surface area contributed by atoms with Crippen molar-refractivity contribution in [3.8, 4) is 22.8 Å². The lowest BCUT2D eigenvalue weighted by molar-refractivity contribution is -0.385. The fraction of sp³-hybridized carbons (Fsp3) is 0.133. The van der Waals surface area contributed by atoms with Crippen LogP contribution in [0.25, 0.3) is 16.2 Å². The number of imidazole rings is 1. The van der Waals surface area contributed by atoms with Gasteiger partial charge in [0.05, 0.1) is 31.1 Å². The lowest BCUT2D eigenvalue weighted by Crippen LogP contribution is -2.21. The molecule has 0 atom stereocenters. The van der Waals surface area contributed by atoms with Crippen molar-refractivity contribution in [1.82, 2.24) is 9.38 Å². The molecule has 3 rings (SSSR count). The number of methoxy groups -OCH3 is 2. The third-order valence-corrected chi connectivity index (χ3v) is 4.37. The predicted octanol–water partition coefficient (Wildman–Crippen LogP) is 1.60. The molecule has 0 unspecified atom stereocenters. The van der Waals surface area contributed by atoms with E-state index >= 15 is 0 Å². The molecule has 0 saturated heterocycles. The molecule has 0 fully saturated rings. The van der Waals surface area contributed by atoms with Gasteiger partial charge in [0, 0.05) is 11.6 Å². The van der Waals surface area contributed by atoms with Crippen molar-refractivity contribution in [3.63, 3.8) is 0 Å². The highest BCUT2D eigenvalue weighted by Crippen LogP contribution is 2.44. The molecule has 0 aliphatic rings. The summed E-state index contributed by atoms with van der Waals surface area (Å²) in [6.07, 6.45) is 3.12. The smallest absolute Gasteiger partial charge is 0.324 e. The molecular formula is C15H15N7O4S. The maximum atomic E-state index is 11.8. The Morgan fingerprint density at radius 3 is 2.67 bits per heavy atom. The largest absolute Gasteiger partial charge is 0.496 e. The van der Waals surface area contributed by atoms with E-state index < -0.39 is 4.92 Å². The molecule has 11 nitrogen and oxygen atoms in total. The molecule has 140 valence electrons. The Kier molecular flexibility index (Phi) is 4.90. The Balaban J connectivity index is 2.35. The third kappa shape index (κ3) is 3.25. The van der Waals surface area contributed by atoms with E-state index in [1.165, 1.54) is 37.8 Å². The quantitative estimate of drug-likeness (QED) is 0.280. The second-order valence-electron chi connectivity index (χ2n) is 5.12. The van der Waals surface area contributed by atoms with E-state index in [0.717, 1.165) is 0 Å². The van der Waals surface area contributed by atoms with Crippen molar-refractivity contribution in [2.24, 2.45) is 21.7 Å². The van der Waals surface area contributed by atoms with Crippen molar-refractivity contribution in [1.29, 1.82) is 0 Å². The lowest BCUT2D eigenvalue weighted by Gasteiger charge is -2.11. The van der Waals surface area contributed by atoms with Crippen LogP contribution in [0, 0.1) is 10.1 Å². The van der Waals surface area contributed by atoms with Crippen molar-refractivity contribution in [2.75, 3.05) is 14.2 Å². The van der Waals surface area contributed by atoms with Gasteiger partial charge in [-0.1, -0.05) is 0 Å². The summed E-state index contributed by atoms with van der Waals surface area (Å²) in [5.74, 6) is 0.132. The van der Waals surface area contributed by atoms with Gasteiger partial charge in [-0.2, -0.15) is 5.10 Å². The minimum absolute atomic E-state index is 0.0827. The molecule has 0 aliphatic carbocycles. The third-order valence-electron chi connectivity index (χ3n) is 3.61. The summed E-state index contributed by atoms with van der Waals surface area (Å²) < 4.78 is 12.2. The van der Waals surface area contributed by atoms with Gasteiger partial charge in [-0.25, -0.2) is 4.98 Å². The first kappa shape index (κ1) is 18.1. The Morgan fingerprint density at radius 2 is 2.04 bits per heavy atom. The van der Waals surface area contributed by atoms with Crippen LogP contribution in [0.15, 0.2) is 33.9 Å². The van der Waals surface area contributed by atoms with Crippen LogP contribution in [0.1, 0.15) is 5.69 Å². The van der Waals surface area contributed by atoms with Gasteiger partial charge < -0.3 is 20.9 Å². The monoisotopic (exact) mass is 389 g/mol. The Morgan fingerprint density at radius 1 is 1.33 bits per heavy atom. The van der Waals surface area contributed by atoms with Crippen molar-refractivity contribution < 1.29 is 14.4 Å². The zero-order valence-corrected chi connectivity index (χ0v) is 15.1.